The van der Waals surface area contributed by atoms with Crippen molar-refractivity contribution >= 4 is 11.9 Å². The van der Waals surface area contributed by atoms with E-state index in [4.69, 9.17) is 10.8 Å². The van der Waals surface area contributed by atoms with Gasteiger partial charge in [0.2, 0.25) is 5.91 Å². The number of nitrogens with two attached hydrogens (primary N) is 1. The summed E-state index contributed by atoms with van der Waals surface area (Å²) in [5.41, 5.74) is 6.95. The van der Waals surface area contributed by atoms with Crippen LogP contribution in [0.5, 0.6) is 0 Å². The Labute approximate surface area is 118 Å². The summed E-state index contributed by atoms with van der Waals surface area (Å²) in [6.45, 7) is 3.34. The Hall–Kier alpha value is -2.14. The first-order valence-electron chi connectivity index (χ1n) is 6.45. The summed E-state index contributed by atoms with van der Waals surface area (Å²) in [5.74, 6) is -1.42. The Kier molecular flexibility index (Phi) is 6.46. The van der Waals surface area contributed by atoms with Crippen molar-refractivity contribution in [3.8, 4) is 0 Å². The van der Waals surface area contributed by atoms with Gasteiger partial charge in [0.1, 0.15) is 6.54 Å². The monoisotopic (exact) mass is 276 g/mol. The van der Waals surface area contributed by atoms with Gasteiger partial charge in [-0.15, -0.1) is 6.58 Å². The molecule has 0 heterocycles. The number of nitrogens with zero attached hydrogens (tertiary/aromatic N) is 1. The molecule has 0 aliphatic carbocycles. The highest BCUT2D eigenvalue weighted by Gasteiger charge is 2.21. The molecule has 0 aromatic heterocycles. The zero-order valence-corrected chi connectivity index (χ0v) is 11.4. The minimum Gasteiger partial charge on any atom is -0.480 e. The van der Waals surface area contributed by atoms with Gasteiger partial charge in [0.05, 0.1) is 6.04 Å². The van der Waals surface area contributed by atoms with Gasteiger partial charge in [0.25, 0.3) is 0 Å². The Morgan fingerprint density at radius 3 is 2.55 bits per heavy atom. The molecule has 0 radical (unpaired) electrons. The van der Waals surface area contributed by atoms with Crippen LogP contribution in [0.1, 0.15) is 12.0 Å². The first-order valence-corrected chi connectivity index (χ1v) is 6.45. The third-order valence-electron chi connectivity index (χ3n) is 2.89. The van der Waals surface area contributed by atoms with Gasteiger partial charge in [-0.1, -0.05) is 36.4 Å². The molecule has 20 heavy (non-hydrogen) atoms. The molecule has 1 aromatic carbocycles. The van der Waals surface area contributed by atoms with E-state index in [0.717, 1.165) is 5.56 Å². The lowest BCUT2D eigenvalue weighted by atomic mass is 10.0. The highest BCUT2D eigenvalue weighted by atomic mass is 16.4. The number of benzene rings is 1. The molecule has 1 rings (SSSR count). The molecule has 0 saturated carbocycles. The average Bonchev–Trinajstić information content (AvgIpc) is 2.44. The van der Waals surface area contributed by atoms with E-state index in [-0.39, 0.29) is 19.0 Å². The molecule has 0 saturated heterocycles. The van der Waals surface area contributed by atoms with Crippen molar-refractivity contribution in [1.29, 1.82) is 0 Å². The van der Waals surface area contributed by atoms with Crippen LogP contribution >= 0.6 is 0 Å². The summed E-state index contributed by atoms with van der Waals surface area (Å²) >= 11 is 0. The Balaban J connectivity index is 2.55. The molecular weight excluding hydrogens is 256 g/mol. The van der Waals surface area contributed by atoms with E-state index in [1.54, 1.807) is 0 Å². The number of carbonyl (C=O) groups is 2. The van der Waals surface area contributed by atoms with Gasteiger partial charge in [-0.25, -0.2) is 0 Å². The maximum Gasteiger partial charge on any atom is 0.323 e. The maximum atomic E-state index is 12.1. The number of carboxylic acid groups (broad SMARTS) is 1. The number of aryl methyl sites for hydroxylation is 1. The molecule has 0 bridgehead atoms. The van der Waals surface area contributed by atoms with Crippen LogP contribution in [0.25, 0.3) is 0 Å². The van der Waals surface area contributed by atoms with E-state index in [1.807, 2.05) is 30.3 Å². The zero-order chi connectivity index (χ0) is 15.0. The van der Waals surface area contributed by atoms with E-state index >= 15 is 0 Å². The SMILES string of the molecule is C=CCN(CC(=O)O)C(=O)C(N)CCc1ccccc1. The van der Waals surface area contributed by atoms with E-state index in [2.05, 4.69) is 6.58 Å². The first-order chi connectivity index (χ1) is 9.54. The van der Waals surface area contributed by atoms with Crippen molar-refractivity contribution in [2.75, 3.05) is 13.1 Å². The van der Waals surface area contributed by atoms with E-state index in [0.29, 0.717) is 12.8 Å². The van der Waals surface area contributed by atoms with Crippen LogP contribution in [-0.2, 0) is 16.0 Å². The predicted octanol–water partition coefficient (Wildman–Crippen LogP) is 1.05. The largest absolute Gasteiger partial charge is 0.480 e. The Morgan fingerprint density at radius 2 is 2.00 bits per heavy atom. The lowest BCUT2D eigenvalue weighted by Crippen LogP contribution is -2.46. The molecule has 0 fully saturated rings. The van der Waals surface area contributed by atoms with Crippen molar-refractivity contribution in [3.05, 3.63) is 48.6 Å². The summed E-state index contributed by atoms with van der Waals surface area (Å²) in [7, 11) is 0. The highest BCUT2D eigenvalue weighted by Crippen LogP contribution is 2.06. The average molecular weight is 276 g/mol. The van der Waals surface area contributed by atoms with Crippen molar-refractivity contribution in [1.82, 2.24) is 4.90 Å². The van der Waals surface area contributed by atoms with Crippen LogP contribution in [0.2, 0.25) is 0 Å². The number of amides is 1. The summed E-state index contributed by atoms with van der Waals surface area (Å²) in [5, 5.41) is 8.78. The fraction of sp³-hybridized carbons (Fsp3) is 0.333. The third-order valence-corrected chi connectivity index (χ3v) is 2.89. The second-order valence-electron chi connectivity index (χ2n) is 4.53. The molecule has 1 unspecified atom stereocenters. The number of carbonyl (C=O) groups excluding carboxylic acids is 1. The fourth-order valence-corrected chi connectivity index (χ4v) is 1.88. The molecule has 5 heteroatoms. The number of carboxylic acids is 1. The number of hydrogen-bond donors (Lipinski definition) is 2. The van der Waals surface area contributed by atoms with Gasteiger partial charge in [0.15, 0.2) is 0 Å². The first kappa shape index (κ1) is 15.9. The number of aliphatic carboxylic acids is 1. The van der Waals surface area contributed by atoms with Crippen LogP contribution in [0.3, 0.4) is 0 Å². The molecule has 1 atom stereocenters. The standard InChI is InChI=1S/C15H20N2O3/c1-2-10-17(11-14(18)19)15(20)13(16)9-8-12-6-4-3-5-7-12/h2-7,13H,1,8-11,16H2,(H,18,19). The van der Waals surface area contributed by atoms with Crippen molar-refractivity contribution < 1.29 is 14.7 Å². The summed E-state index contributed by atoms with van der Waals surface area (Å²) in [6.07, 6.45) is 2.66. The zero-order valence-electron chi connectivity index (χ0n) is 11.4. The predicted molar refractivity (Wildman–Crippen MR) is 77.2 cm³/mol. The van der Waals surface area contributed by atoms with Crippen LogP contribution in [0.15, 0.2) is 43.0 Å². The van der Waals surface area contributed by atoms with Crippen molar-refractivity contribution in [2.45, 2.75) is 18.9 Å². The van der Waals surface area contributed by atoms with Crippen LogP contribution in [0.4, 0.5) is 0 Å². The summed E-state index contributed by atoms with van der Waals surface area (Å²) in [6, 6.07) is 9.02. The second kappa shape index (κ2) is 8.12. The molecule has 0 aliphatic heterocycles. The summed E-state index contributed by atoms with van der Waals surface area (Å²) < 4.78 is 0. The van der Waals surface area contributed by atoms with Gasteiger partial charge >= 0.3 is 5.97 Å². The minimum atomic E-state index is -1.06. The lowest BCUT2D eigenvalue weighted by Gasteiger charge is -2.22. The van der Waals surface area contributed by atoms with Crippen LogP contribution in [0, 0.1) is 0 Å². The topological polar surface area (TPSA) is 83.6 Å². The Bertz CT molecular complexity index is 459. The van der Waals surface area contributed by atoms with Crippen molar-refractivity contribution in [2.24, 2.45) is 5.73 Å². The van der Waals surface area contributed by atoms with Crippen LogP contribution in [-0.4, -0.2) is 41.0 Å². The van der Waals surface area contributed by atoms with Crippen molar-refractivity contribution in [3.63, 3.8) is 0 Å². The third kappa shape index (κ3) is 5.24. The smallest absolute Gasteiger partial charge is 0.323 e. The molecule has 0 aliphatic rings. The van der Waals surface area contributed by atoms with E-state index < -0.39 is 12.0 Å². The van der Waals surface area contributed by atoms with Gasteiger partial charge in [-0.3, -0.25) is 9.59 Å². The lowest BCUT2D eigenvalue weighted by molar-refractivity contribution is -0.144. The van der Waals surface area contributed by atoms with Gasteiger partial charge in [0, 0.05) is 6.54 Å². The summed E-state index contributed by atoms with van der Waals surface area (Å²) in [4.78, 5) is 24.0. The van der Waals surface area contributed by atoms with Gasteiger partial charge in [-0.2, -0.15) is 0 Å². The molecule has 1 amide bonds. The normalized spacial score (nSPS) is 11.7. The molecular formula is C15H20N2O3. The maximum absolute atomic E-state index is 12.1. The van der Waals surface area contributed by atoms with E-state index in [1.165, 1.54) is 11.0 Å². The second-order valence-corrected chi connectivity index (χ2v) is 4.53. The molecule has 108 valence electrons. The minimum absolute atomic E-state index is 0.185. The van der Waals surface area contributed by atoms with Crippen LogP contribution < -0.4 is 5.73 Å². The van der Waals surface area contributed by atoms with Gasteiger partial charge < -0.3 is 15.7 Å². The molecule has 5 nitrogen and oxygen atoms in total. The van der Waals surface area contributed by atoms with E-state index in [9.17, 15) is 9.59 Å². The quantitative estimate of drug-likeness (QED) is 0.695. The molecule has 3 N–H and O–H groups in total. The highest BCUT2D eigenvalue weighted by molar-refractivity contribution is 5.85. The molecule has 0 spiro atoms. The number of hydrogen-bond acceptors (Lipinski definition) is 3. The fourth-order valence-electron chi connectivity index (χ4n) is 1.88. The van der Waals surface area contributed by atoms with Gasteiger partial charge in [-0.05, 0) is 18.4 Å². The number of rotatable bonds is 8. The Morgan fingerprint density at radius 1 is 1.35 bits per heavy atom. The molecule has 1 aromatic rings.